The number of aryl methyl sites for hydroxylation is 2. The molecule has 0 atom stereocenters. The summed E-state index contributed by atoms with van der Waals surface area (Å²) < 4.78 is 9.49. The molecule has 1 aromatic carbocycles. The number of ether oxygens (including phenoxy) is 1. The Kier molecular flexibility index (Phi) is 8.32. The Hall–Kier alpha value is -2.80. The Bertz CT molecular complexity index is 1460. The summed E-state index contributed by atoms with van der Waals surface area (Å²) in [5.41, 5.74) is 4.82. The van der Waals surface area contributed by atoms with Gasteiger partial charge in [0.1, 0.15) is 11.9 Å². The van der Waals surface area contributed by atoms with Crippen LogP contribution in [0.1, 0.15) is 71.8 Å². The average Bonchev–Trinajstić information content (AvgIpc) is 3.55. The lowest BCUT2D eigenvalue weighted by Crippen LogP contribution is -2.30. The van der Waals surface area contributed by atoms with Gasteiger partial charge in [0.15, 0.2) is 5.52 Å². The molecule has 1 aliphatic carbocycles. The van der Waals surface area contributed by atoms with Crippen LogP contribution >= 0.6 is 22.6 Å². The summed E-state index contributed by atoms with van der Waals surface area (Å²) in [6.45, 7) is 12.7. The van der Waals surface area contributed by atoms with E-state index in [1.165, 1.54) is 3.57 Å². The summed E-state index contributed by atoms with van der Waals surface area (Å²) in [4.78, 5) is 22.7. The van der Waals surface area contributed by atoms with Crippen LogP contribution in [-0.4, -0.2) is 39.9 Å². The number of rotatable bonds is 5. The summed E-state index contributed by atoms with van der Waals surface area (Å²) >= 11 is 2.37. The van der Waals surface area contributed by atoms with Gasteiger partial charge < -0.3 is 9.64 Å². The number of carbonyl (C=O) groups excluding carboxylic acids is 1. The molecule has 1 saturated carbocycles. The lowest BCUT2D eigenvalue weighted by atomic mass is 9.72. The number of aromatic nitrogens is 3. The fourth-order valence-electron chi connectivity index (χ4n) is 6.05. The topological polar surface area (TPSA) is 63.5 Å². The second-order valence-electron chi connectivity index (χ2n) is 12.2. The molecule has 5 rings (SSSR count). The maximum absolute atomic E-state index is 13.6. The molecule has 1 amide bonds. The van der Waals surface area contributed by atoms with E-state index in [0.717, 1.165) is 74.1 Å². The zero-order valence-electron chi connectivity index (χ0n) is 24.6. The van der Waals surface area contributed by atoms with Crippen LogP contribution in [0.4, 0.5) is 17.2 Å². The predicted octanol–water partition coefficient (Wildman–Crippen LogP) is 7.15. The van der Waals surface area contributed by atoms with Gasteiger partial charge in [-0.15, -0.1) is 5.10 Å². The smallest absolute Gasteiger partial charge is 0.308 e. The van der Waals surface area contributed by atoms with Crippen molar-refractivity contribution < 1.29 is 9.53 Å². The molecule has 1 saturated heterocycles. The summed E-state index contributed by atoms with van der Waals surface area (Å²) in [5, 5.41) is 4.70. The Balaban J connectivity index is 1.54. The van der Waals surface area contributed by atoms with E-state index in [4.69, 9.17) is 14.8 Å². The van der Waals surface area contributed by atoms with Gasteiger partial charge in [-0.3, -0.25) is 14.4 Å². The van der Waals surface area contributed by atoms with Crippen molar-refractivity contribution in [2.45, 2.75) is 79.2 Å². The first kappa shape index (κ1) is 28.7. The van der Waals surface area contributed by atoms with Crippen LogP contribution in [0, 0.1) is 33.7 Å². The van der Waals surface area contributed by atoms with Crippen molar-refractivity contribution in [3.8, 4) is 17.7 Å². The summed E-state index contributed by atoms with van der Waals surface area (Å²) in [6, 6.07) is 8.13. The standard InChI is InChI=1S/C32H40IN5O2/c1-7-10-29(39)38(27-19-21(2)24(33)20-26(27)37-17-8-9-18-37)28-16-15-25-30(34-28)31(35-36(25)6)40-23-13-11-22(12-14-23)32(3,4)5/h15-16,19-20,22-23H,8-9,11-14,17-18H2,1-6H3/t22-,23-. The predicted molar refractivity (Wildman–Crippen MR) is 170 cm³/mol. The van der Waals surface area contributed by atoms with Crippen molar-refractivity contribution in [3.05, 3.63) is 33.4 Å². The zero-order valence-corrected chi connectivity index (χ0v) is 26.7. The third-order valence-corrected chi connectivity index (χ3v) is 9.60. The van der Waals surface area contributed by atoms with Gasteiger partial charge in [0.05, 0.1) is 16.9 Å². The number of amides is 1. The first-order valence-corrected chi connectivity index (χ1v) is 15.5. The minimum absolute atomic E-state index is 0.117. The van der Waals surface area contributed by atoms with Crippen LogP contribution in [0.5, 0.6) is 5.88 Å². The Labute approximate surface area is 251 Å². The molecule has 40 heavy (non-hydrogen) atoms. The van der Waals surface area contributed by atoms with Gasteiger partial charge in [-0.05, 0) is 122 Å². The van der Waals surface area contributed by atoms with Gasteiger partial charge >= 0.3 is 5.91 Å². The van der Waals surface area contributed by atoms with Gasteiger partial charge in [0.25, 0.3) is 5.88 Å². The molecule has 0 N–H and O–H groups in total. The lowest BCUT2D eigenvalue weighted by Gasteiger charge is -2.36. The molecule has 2 aliphatic rings. The third-order valence-electron chi connectivity index (χ3n) is 8.44. The molecule has 1 aliphatic heterocycles. The molecule has 3 aromatic rings. The number of carbonyl (C=O) groups is 1. The van der Waals surface area contributed by atoms with E-state index in [1.54, 1.807) is 11.8 Å². The van der Waals surface area contributed by atoms with Gasteiger partial charge in [-0.2, -0.15) is 0 Å². The van der Waals surface area contributed by atoms with Crippen LogP contribution in [0.15, 0.2) is 24.3 Å². The maximum Gasteiger partial charge on any atom is 0.308 e. The highest BCUT2D eigenvalue weighted by molar-refractivity contribution is 14.1. The third kappa shape index (κ3) is 5.81. The van der Waals surface area contributed by atoms with Crippen molar-refractivity contribution in [3.63, 3.8) is 0 Å². The van der Waals surface area contributed by atoms with Gasteiger partial charge in [-0.25, -0.2) is 4.98 Å². The largest absolute Gasteiger partial charge is 0.472 e. The summed E-state index contributed by atoms with van der Waals surface area (Å²) in [5.74, 6) is 7.03. The molecule has 8 heteroatoms. The number of hydrogen-bond donors (Lipinski definition) is 0. The first-order valence-electron chi connectivity index (χ1n) is 14.4. The van der Waals surface area contributed by atoms with Crippen LogP contribution in [0.25, 0.3) is 11.0 Å². The highest BCUT2D eigenvalue weighted by Gasteiger charge is 2.32. The summed E-state index contributed by atoms with van der Waals surface area (Å²) in [6.07, 6.45) is 6.73. The van der Waals surface area contributed by atoms with E-state index in [0.29, 0.717) is 28.5 Å². The van der Waals surface area contributed by atoms with Crippen molar-refractivity contribution >= 4 is 56.7 Å². The Morgan fingerprint density at radius 1 is 1.12 bits per heavy atom. The molecule has 2 aromatic heterocycles. The average molecular weight is 654 g/mol. The number of benzene rings is 1. The van der Waals surface area contributed by atoms with E-state index in [2.05, 4.69) is 79.2 Å². The minimum Gasteiger partial charge on any atom is -0.472 e. The van der Waals surface area contributed by atoms with Gasteiger partial charge in [-0.1, -0.05) is 26.7 Å². The molecular weight excluding hydrogens is 613 g/mol. The first-order chi connectivity index (χ1) is 19.1. The fourth-order valence-corrected chi connectivity index (χ4v) is 6.50. The Morgan fingerprint density at radius 2 is 1.82 bits per heavy atom. The molecule has 3 heterocycles. The number of fused-ring (bicyclic) bond motifs is 1. The SMILES string of the molecule is CC#CC(=O)N(c1ccc2c(n1)c(O[C@H]1CC[C@H](C(C)(C)C)CC1)nn2C)c1cc(C)c(I)cc1N1CCCC1. The van der Waals surface area contributed by atoms with Crippen LogP contribution in [-0.2, 0) is 11.8 Å². The maximum atomic E-state index is 13.6. The van der Waals surface area contributed by atoms with Crippen LogP contribution in [0.3, 0.4) is 0 Å². The quantitative estimate of drug-likeness (QED) is 0.216. The molecule has 2 fully saturated rings. The lowest BCUT2D eigenvalue weighted by molar-refractivity contribution is -0.112. The van der Waals surface area contributed by atoms with E-state index >= 15 is 0 Å². The van der Waals surface area contributed by atoms with Gasteiger partial charge in [0.2, 0.25) is 0 Å². The minimum atomic E-state index is -0.303. The number of anilines is 3. The van der Waals surface area contributed by atoms with E-state index in [-0.39, 0.29) is 12.0 Å². The van der Waals surface area contributed by atoms with E-state index in [1.807, 2.05) is 23.9 Å². The number of pyridine rings is 1. The summed E-state index contributed by atoms with van der Waals surface area (Å²) in [7, 11) is 1.91. The van der Waals surface area contributed by atoms with E-state index in [9.17, 15) is 4.79 Å². The second kappa shape index (κ2) is 11.6. The highest BCUT2D eigenvalue weighted by atomic mass is 127. The van der Waals surface area contributed by atoms with Crippen molar-refractivity contribution in [2.75, 3.05) is 22.9 Å². The Morgan fingerprint density at radius 3 is 2.48 bits per heavy atom. The molecule has 0 spiro atoms. The van der Waals surface area contributed by atoms with E-state index < -0.39 is 0 Å². The molecular formula is C32H40IN5O2. The van der Waals surface area contributed by atoms with Crippen molar-refractivity contribution in [2.24, 2.45) is 18.4 Å². The van der Waals surface area contributed by atoms with Crippen molar-refractivity contribution in [1.82, 2.24) is 14.8 Å². The van der Waals surface area contributed by atoms with Crippen LogP contribution in [0.2, 0.25) is 0 Å². The molecule has 0 unspecified atom stereocenters. The van der Waals surface area contributed by atoms with Gasteiger partial charge in [0, 0.05) is 23.7 Å². The second-order valence-corrected chi connectivity index (χ2v) is 13.4. The number of nitrogens with zero attached hydrogens (tertiary/aromatic N) is 5. The fraction of sp³-hybridized carbons (Fsp3) is 0.531. The zero-order chi connectivity index (χ0) is 28.6. The normalized spacial score (nSPS) is 19.4. The van der Waals surface area contributed by atoms with Crippen molar-refractivity contribution in [1.29, 1.82) is 0 Å². The van der Waals surface area contributed by atoms with Crippen LogP contribution < -0.4 is 14.5 Å². The molecule has 0 bridgehead atoms. The highest BCUT2D eigenvalue weighted by Crippen LogP contribution is 2.41. The molecule has 7 nitrogen and oxygen atoms in total. The monoisotopic (exact) mass is 653 g/mol. The molecule has 212 valence electrons. The number of hydrogen-bond acceptors (Lipinski definition) is 5. The number of halogens is 1. The molecule has 0 radical (unpaired) electrons.